The van der Waals surface area contributed by atoms with Crippen LogP contribution >= 0.6 is 11.6 Å². The van der Waals surface area contributed by atoms with Gasteiger partial charge < -0.3 is 4.74 Å². The van der Waals surface area contributed by atoms with Gasteiger partial charge in [0.05, 0.1) is 11.8 Å². The normalized spacial score (nSPS) is 16.8. The Bertz CT molecular complexity index is 998. The lowest BCUT2D eigenvalue weighted by Gasteiger charge is -2.27. The fraction of sp³-hybridized carbons (Fsp3) is 0.227. The Kier molecular flexibility index (Phi) is 6.03. The first-order valence-corrected chi connectivity index (χ1v) is 9.63. The molecule has 1 heterocycles. The lowest BCUT2D eigenvalue weighted by molar-refractivity contribution is -0.122. The van der Waals surface area contributed by atoms with Gasteiger partial charge in [-0.15, -0.1) is 0 Å². The van der Waals surface area contributed by atoms with Crippen molar-refractivity contribution in [2.45, 2.75) is 33.3 Å². The number of amides is 4. The number of ether oxygens (including phenoxy) is 1. The molecule has 3 rings (SSSR count). The van der Waals surface area contributed by atoms with E-state index in [0.29, 0.717) is 27.6 Å². The fourth-order valence-electron chi connectivity index (χ4n) is 2.84. The second kappa shape index (κ2) is 8.49. The average Bonchev–Trinajstić information content (AvgIpc) is 2.69. The number of imide groups is 2. The zero-order valence-electron chi connectivity index (χ0n) is 16.4. The van der Waals surface area contributed by atoms with Crippen molar-refractivity contribution in [2.75, 3.05) is 4.90 Å². The number of rotatable bonds is 5. The van der Waals surface area contributed by atoms with Gasteiger partial charge in [-0.25, -0.2) is 9.69 Å². The molecule has 0 aliphatic carbocycles. The Labute approximate surface area is 174 Å². The van der Waals surface area contributed by atoms with Crippen LogP contribution in [0.25, 0.3) is 6.08 Å². The number of halogens is 1. The Morgan fingerprint density at radius 3 is 2.48 bits per heavy atom. The van der Waals surface area contributed by atoms with Crippen LogP contribution in [0.2, 0.25) is 5.02 Å². The summed E-state index contributed by atoms with van der Waals surface area (Å²) in [4.78, 5) is 38.5. The minimum Gasteiger partial charge on any atom is -0.491 e. The average molecular weight is 413 g/mol. The second-order valence-electron chi connectivity index (χ2n) is 6.75. The molecular weight excluding hydrogens is 392 g/mol. The van der Waals surface area contributed by atoms with Crippen LogP contribution in [-0.4, -0.2) is 23.9 Å². The maximum Gasteiger partial charge on any atom is 0.335 e. The molecule has 0 spiro atoms. The van der Waals surface area contributed by atoms with Crippen molar-refractivity contribution in [1.82, 2.24) is 5.32 Å². The zero-order chi connectivity index (χ0) is 21.1. The molecule has 29 heavy (non-hydrogen) atoms. The molecule has 0 unspecified atom stereocenters. The lowest BCUT2D eigenvalue weighted by Crippen LogP contribution is -2.54. The van der Waals surface area contributed by atoms with E-state index in [0.717, 1.165) is 11.3 Å². The van der Waals surface area contributed by atoms with Crippen molar-refractivity contribution in [3.8, 4) is 5.75 Å². The van der Waals surface area contributed by atoms with E-state index in [1.165, 1.54) is 6.08 Å². The molecule has 0 aromatic heterocycles. The number of urea groups is 1. The maximum absolute atomic E-state index is 13.0. The highest BCUT2D eigenvalue weighted by Crippen LogP contribution is 2.29. The molecule has 2 aromatic carbocycles. The number of carbonyl (C=O) groups is 3. The van der Waals surface area contributed by atoms with Crippen molar-refractivity contribution in [1.29, 1.82) is 0 Å². The van der Waals surface area contributed by atoms with Crippen molar-refractivity contribution >= 4 is 41.2 Å². The van der Waals surface area contributed by atoms with E-state index in [1.54, 1.807) is 49.4 Å². The summed E-state index contributed by atoms with van der Waals surface area (Å²) in [6.45, 7) is 5.71. The molecule has 1 aliphatic rings. The van der Waals surface area contributed by atoms with E-state index in [2.05, 4.69) is 5.32 Å². The van der Waals surface area contributed by atoms with Gasteiger partial charge in [-0.1, -0.05) is 36.7 Å². The monoisotopic (exact) mass is 412 g/mol. The van der Waals surface area contributed by atoms with Gasteiger partial charge in [0, 0.05) is 5.02 Å². The third-order valence-electron chi connectivity index (χ3n) is 4.68. The first kappa shape index (κ1) is 20.6. The lowest BCUT2D eigenvalue weighted by atomic mass is 10.1. The maximum atomic E-state index is 13.0. The predicted molar refractivity (Wildman–Crippen MR) is 112 cm³/mol. The van der Waals surface area contributed by atoms with Gasteiger partial charge in [-0.05, 0) is 61.7 Å². The molecule has 7 heteroatoms. The molecule has 1 saturated heterocycles. The first-order valence-electron chi connectivity index (χ1n) is 9.25. The summed E-state index contributed by atoms with van der Waals surface area (Å²) >= 11 is 6.12. The van der Waals surface area contributed by atoms with Gasteiger partial charge >= 0.3 is 6.03 Å². The van der Waals surface area contributed by atoms with Crippen LogP contribution in [0, 0.1) is 6.92 Å². The van der Waals surface area contributed by atoms with Gasteiger partial charge in [-0.2, -0.15) is 0 Å². The first-order chi connectivity index (χ1) is 13.8. The summed E-state index contributed by atoms with van der Waals surface area (Å²) in [5.41, 5.74) is 1.39. The topological polar surface area (TPSA) is 75.7 Å². The quantitative estimate of drug-likeness (QED) is 0.579. The molecule has 1 atom stereocenters. The minimum absolute atomic E-state index is 0.0883. The number of hydrogen-bond donors (Lipinski definition) is 1. The largest absolute Gasteiger partial charge is 0.491 e. The summed E-state index contributed by atoms with van der Waals surface area (Å²) < 4.78 is 5.73. The number of hydrogen-bond acceptors (Lipinski definition) is 4. The summed E-state index contributed by atoms with van der Waals surface area (Å²) in [5.74, 6) is -0.743. The number of carbonyl (C=O) groups excluding carboxylic acids is 3. The molecular formula is C22H21ClN2O4. The van der Waals surface area contributed by atoms with Crippen molar-refractivity contribution < 1.29 is 19.1 Å². The van der Waals surface area contributed by atoms with Crippen LogP contribution in [0.5, 0.6) is 5.75 Å². The number of benzene rings is 2. The van der Waals surface area contributed by atoms with E-state index >= 15 is 0 Å². The van der Waals surface area contributed by atoms with Gasteiger partial charge in [-0.3, -0.25) is 14.9 Å². The highest BCUT2D eigenvalue weighted by molar-refractivity contribution is 6.39. The molecule has 6 nitrogen and oxygen atoms in total. The Balaban J connectivity index is 1.92. The Morgan fingerprint density at radius 1 is 1.14 bits per heavy atom. The zero-order valence-corrected chi connectivity index (χ0v) is 17.1. The molecule has 4 amide bonds. The molecule has 0 bridgehead atoms. The third kappa shape index (κ3) is 4.32. The van der Waals surface area contributed by atoms with E-state index < -0.39 is 17.8 Å². The summed E-state index contributed by atoms with van der Waals surface area (Å²) in [7, 11) is 0. The summed E-state index contributed by atoms with van der Waals surface area (Å²) in [5, 5.41) is 2.63. The minimum atomic E-state index is -0.806. The number of nitrogens with zero attached hydrogens (tertiary/aromatic N) is 1. The van der Waals surface area contributed by atoms with E-state index in [1.807, 2.05) is 13.8 Å². The van der Waals surface area contributed by atoms with Crippen LogP contribution in [-0.2, 0) is 9.59 Å². The van der Waals surface area contributed by atoms with Crippen LogP contribution in [0.3, 0.4) is 0 Å². The third-order valence-corrected chi connectivity index (χ3v) is 5.09. The standard InChI is InChI=1S/C22H21ClN2O4/c1-4-13(2)29-16-10-8-15(9-11-16)12-17-20(26)24-22(28)25(21(17)27)19-7-5-6-18(23)14(19)3/h5-13H,4H2,1-3H3,(H,24,26,28)/b17-12+/t13-/m0/s1. The van der Waals surface area contributed by atoms with Crippen LogP contribution < -0.4 is 15.0 Å². The van der Waals surface area contributed by atoms with Gasteiger partial charge in [0.15, 0.2) is 0 Å². The molecule has 2 aromatic rings. The highest BCUT2D eigenvalue weighted by atomic mass is 35.5. The van der Waals surface area contributed by atoms with E-state index in [-0.39, 0.29) is 11.7 Å². The molecule has 1 aliphatic heterocycles. The SMILES string of the molecule is CC[C@H](C)Oc1ccc(/C=C2\C(=O)NC(=O)N(c3cccc(Cl)c3C)C2=O)cc1. The van der Waals surface area contributed by atoms with Crippen LogP contribution in [0.4, 0.5) is 10.5 Å². The Morgan fingerprint density at radius 2 is 1.83 bits per heavy atom. The van der Waals surface area contributed by atoms with Crippen molar-refractivity contribution in [3.05, 3.63) is 64.2 Å². The smallest absolute Gasteiger partial charge is 0.335 e. The van der Waals surface area contributed by atoms with Crippen LogP contribution in [0.15, 0.2) is 48.0 Å². The van der Waals surface area contributed by atoms with Crippen molar-refractivity contribution in [3.63, 3.8) is 0 Å². The summed E-state index contributed by atoms with van der Waals surface area (Å²) in [6, 6.07) is 11.1. The van der Waals surface area contributed by atoms with Crippen molar-refractivity contribution in [2.24, 2.45) is 0 Å². The van der Waals surface area contributed by atoms with Gasteiger partial charge in [0.25, 0.3) is 11.8 Å². The van der Waals surface area contributed by atoms with E-state index in [9.17, 15) is 14.4 Å². The number of nitrogens with one attached hydrogen (secondary N) is 1. The molecule has 1 N–H and O–H groups in total. The summed E-state index contributed by atoms with van der Waals surface area (Å²) in [6.07, 6.45) is 2.42. The molecule has 0 radical (unpaired) electrons. The Hall–Kier alpha value is -3.12. The number of barbiturate groups is 1. The number of anilines is 1. The molecule has 0 saturated carbocycles. The predicted octanol–water partition coefficient (Wildman–Crippen LogP) is 4.49. The highest BCUT2D eigenvalue weighted by Gasteiger charge is 2.37. The molecule has 1 fully saturated rings. The van der Waals surface area contributed by atoms with E-state index in [4.69, 9.17) is 16.3 Å². The second-order valence-corrected chi connectivity index (χ2v) is 7.15. The molecule has 150 valence electrons. The fourth-order valence-corrected chi connectivity index (χ4v) is 3.01. The van der Waals surface area contributed by atoms with Gasteiger partial charge in [0.2, 0.25) is 0 Å². The van der Waals surface area contributed by atoms with Crippen LogP contribution in [0.1, 0.15) is 31.4 Å². The van der Waals surface area contributed by atoms with Gasteiger partial charge in [0.1, 0.15) is 11.3 Å².